The molecule has 0 aromatic heterocycles. The van der Waals surface area contributed by atoms with Gasteiger partial charge in [-0.2, -0.15) is 0 Å². The largest absolute Gasteiger partial charge is 0.315 e. The van der Waals surface area contributed by atoms with Crippen LogP contribution in [0.15, 0.2) is 22.7 Å². The van der Waals surface area contributed by atoms with Gasteiger partial charge in [0, 0.05) is 16.1 Å². The normalized spacial score (nSPS) is 19.5. The summed E-state index contributed by atoms with van der Waals surface area (Å²) in [5, 5.41) is 3.44. The van der Waals surface area contributed by atoms with E-state index in [4.69, 9.17) is 0 Å². The van der Waals surface area contributed by atoms with Gasteiger partial charge in [-0.15, -0.1) is 0 Å². The summed E-state index contributed by atoms with van der Waals surface area (Å²) in [5.74, 6) is -0.111. The SMILES string of the molecule is CNC(Cc1cc(Br)ccc1F)C1(N(C)C)CCCC1. The number of likely N-dealkylation sites (N-methyl/N-ethyl adjacent to an activating group) is 2. The Morgan fingerprint density at radius 1 is 1.35 bits per heavy atom. The molecule has 0 saturated heterocycles. The average Bonchev–Trinajstić information content (AvgIpc) is 2.90. The molecule has 0 radical (unpaired) electrons. The summed E-state index contributed by atoms with van der Waals surface area (Å²) in [4.78, 5) is 2.33. The molecule has 0 heterocycles. The second-order valence-electron chi connectivity index (χ2n) is 5.99. The Morgan fingerprint density at radius 3 is 2.55 bits per heavy atom. The van der Waals surface area contributed by atoms with Gasteiger partial charge in [0.25, 0.3) is 0 Å². The van der Waals surface area contributed by atoms with Crippen LogP contribution in [0.1, 0.15) is 31.2 Å². The van der Waals surface area contributed by atoms with Crippen molar-refractivity contribution in [3.05, 3.63) is 34.1 Å². The van der Waals surface area contributed by atoms with Gasteiger partial charge in [0.15, 0.2) is 0 Å². The standard InChI is InChI=1S/C16H24BrFN2/c1-19-15(16(20(2)3)8-4-5-9-16)11-12-10-13(17)6-7-14(12)18/h6-7,10,15,19H,4-5,8-9,11H2,1-3H3. The van der Waals surface area contributed by atoms with Crippen LogP contribution in [0.4, 0.5) is 4.39 Å². The number of nitrogens with one attached hydrogen (secondary N) is 1. The molecule has 0 spiro atoms. The predicted octanol–water partition coefficient (Wildman–Crippen LogP) is 3.59. The maximum absolute atomic E-state index is 14.0. The minimum atomic E-state index is -0.111. The van der Waals surface area contributed by atoms with Crippen LogP contribution in [-0.4, -0.2) is 37.6 Å². The summed E-state index contributed by atoms with van der Waals surface area (Å²) in [6.45, 7) is 0. The van der Waals surface area contributed by atoms with Gasteiger partial charge in [-0.25, -0.2) is 4.39 Å². The Balaban J connectivity index is 2.26. The number of halogens is 2. The summed E-state index contributed by atoms with van der Waals surface area (Å²) in [5.41, 5.74) is 0.926. The lowest BCUT2D eigenvalue weighted by molar-refractivity contribution is 0.108. The molecule has 1 aromatic carbocycles. The van der Waals surface area contributed by atoms with E-state index >= 15 is 0 Å². The topological polar surface area (TPSA) is 15.3 Å². The van der Waals surface area contributed by atoms with E-state index in [1.807, 2.05) is 13.1 Å². The van der Waals surface area contributed by atoms with Crippen LogP contribution in [0, 0.1) is 5.82 Å². The first-order chi connectivity index (χ1) is 9.49. The van der Waals surface area contributed by atoms with E-state index in [9.17, 15) is 4.39 Å². The number of rotatable bonds is 5. The quantitative estimate of drug-likeness (QED) is 0.879. The predicted molar refractivity (Wildman–Crippen MR) is 85.5 cm³/mol. The van der Waals surface area contributed by atoms with E-state index in [1.165, 1.54) is 25.7 Å². The molecule has 112 valence electrons. The van der Waals surface area contributed by atoms with Crippen LogP contribution in [0.2, 0.25) is 0 Å². The Labute approximate surface area is 129 Å². The molecule has 2 nitrogen and oxygen atoms in total. The first-order valence-corrected chi connectivity index (χ1v) is 8.07. The molecule has 1 saturated carbocycles. The lowest BCUT2D eigenvalue weighted by Gasteiger charge is -2.43. The first-order valence-electron chi connectivity index (χ1n) is 7.28. The van der Waals surface area contributed by atoms with Gasteiger partial charge in [0.2, 0.25) is 0 Å². The highest BCUT2D eigenvalue weighted by Crippen LogP contribution is 2.38. The van der Waals surface area contributed by atoms with E-state index in [2.05, 4.69) is 40.2 Å². The highest BCUT2D eigenvalue weighted by atomic mass is 79.9. The minimum absolute atomic E-state index is 0.111. The maximum atomic E-state index is 14.0. The van der Waals surface area contributed by atoms with Crippen molar-refractivity contribution >= 4 is 15.9 Å². The van der Waals surface area contributed by atoms with Crippen molar-refractivity contribution in [3.8, 4) is 0 Å². The van der Waals surface area contributed by atoms with Crippen LogP contribution in [0.25, 0.3) is 0 Å². The van der Waals surface area contributed by atoms with Gasteiger partial charge < -0.3 is 10.2 Å². The molecule has 0 bridgehead atoms. The van der Waals surface area contributed by atoms with Gasteiger partial charge in [0.1, 0.15) is 5.82 Å². The van der Waals surface area contributed by atoms with Crippen LogP contribution in [0.3, 0.4) is 0 Å². The molecule has 1 aromatic rings. The van der Waals surface area contributed by atoms with Crippen LogP contribution < -0.4 is 5.32 Å². The van der Waals surface area contributed by atoms with E-state index in [0.29, 0.717) is 0 Å². The third kappa shape index (κ3) is 3.07. The van der Waals surface area contributed by atoms with Crippen molar-refractivity contribution in [1.29, 1.82) is 0 Å². The Kier molecular flexibility index (Phi) is 5.21. The fraction of sp³-hybridized carbons (Fsp3) is 0.625. The highest BCUT2D eigenvalue weighted by Gasteiger charge is 2.42. The summed E-state index contributed by atoms with van der Waals surface area (Å²) in [6.07, 6.45) is 5.61. The van der Waals surface area contributed by atoms with Gasteiger partial charge in [-0.3, -0.25) is 0 Å². The Bertz CT molecular complexity index is 456. The lowest BCUT2D eigenvalue weighted by Crippen LogP contribution is -2.57. The van der Waals surface area contributed by atoms with Crippen LogP contribution in [0.5, 0.6) is 0 Å². The fourth-order valence-corrected chi connectivity index (χ4v) is 3.98. The maximum Gasteiger partial charge on any atom is 0.126 e. The molecule has 0 aliphatic heterocycles. The summed E-state index contributed by atoms with van der Waals surface area (Å²) in [7, 11) is 6.28. The van der Waals surface area contributed by atoms with Crippen molar-refractivity contribution in [2.24, 2.45) is 0 Å². The smallest absolute Gasteiger partial charge is 0.126 e. The highest BCUT2D eigenvalue weighted by molar-refractivity contribution is 9.10. The summed E-state index contributed by atoms with van der Waals surface area (Å²) in [6, 6.07) is 5.47. The van der Waals surface area contributed by atoms with Gasteiger partial charge in [-0.05, 0) is 64.2 Å². The second kappa shape index (κ2) is 6.54. The van der Waals surface area contributed by atoms with E-state index in [-0.39, 0.29) is 17.4 Å². The third-order valence-corrected chi connectivity index (χ3v) is 5.28. The number of nitrogens with zero attached hydrogens (tertiary/aromatic N) is 1. The molecular weight excluding hydrogens is 319 g/mol. The molecule has 1 atom stereocenters. The van der Waals surface area contributed by atoms with Crippen molar-refractivity contribution in [2.45, 2.75) is 43.7 Å². The zero-order chi connectivity index (χ0) is 14.8. The molecule has 20 heavy (non-hydrogen) atoms. The zero-order valence-corrected chi connectivity index (χ0v) is 14.1. The molecule has 1 N–H and O–H groups in total. The second-order valence-corrected chi connectivity index (χ2v) is 6.90. The number of benzene rings is 1. The van der Waals surface area contributed by atoms with Gasteiger partial charge >= 0.3 is 0 Å². The fourth-order valence-electron chi connectivity index (χ4n) is 3.57. The number of hydrogen-bond acceptors (Lipinski definition) is 2. The van der Waals surface area contributed by atoms with E-state index < -0.39 is 0 Å². The summed E-state index contributed by atoms with van der Waals surface area (Å²) >= 11 is 3.44. The Hall–Kier alpha value is -0.450. The zero-order valence-electron chi connectivity index (χ0n) is 12.5. The van der Waals surface area contributed by atoms with Crippen molar-refractivity contribution < 1.29 is 4.39 Å². The average molecular weight is 343 g/mol. The summed E-state index contributed by atoms with van der Waals surface area (Å²) < 4.78 is 15.0. The lowest BCUT2D eigenvalue weighted by atomic mass is 9.83. The van der Waals surface area contributed by atoms with Crippen molar-refractivity contribution in [1.82, 2.24) is 10.2 Å². The molecular formula is C16H24BrFN2. The molecule has 1 aliphatic carbocycles. The molecule has 2 rings (SSSR count). The number of hydrogen-bond donors (Lipinski definition) is 1. The van der Waals surface area contributed by atoms with Crippen molar-refractivity contribution in [2.75, 3.05) is 21.1 Å². The molecule has 1 aliphatic rings. The molecule has 0 amide bonds. The van der Waals surface area contributed by atoms with E-state index in [0.717, 1.165) is 16.5 Å². The molecule has 1 fully saturated rings. The minimum Gasteiger partial charge on any atom is -0.315 e. The monoisotopic (exact) mass is 342 g/mol. The van der Waals surface area contributed by atoms with Gasteiger partial charge in [0.05, 0.1) is 0 Å². The van der Waals surface area contributed by atoms with Gasteiger partial charge in [-0.1, -0.05) is 28.8 Å². The van der Waals surface area contributed by atoms with Crippen molar-refractivity contribution in [3.63, 3.8) is 0 Å². The first kappa shape index (κ1) is 15.9. The van der Waals surface area contributed by atoms with Crippen LogP contribution in [-0.2, 0) is 6.42 Å². The molecule has 4 heteroatoms. The third-order valence-electron chi connectivity index (χ3n) is 4.79. The van der Waals surface area contributed by atoms with Crippen LogP contribution >= 0.6 is 15.9 Å². The van der Waals surface area contributed by atoms with E-state index in [1.54, 1.807) is 12.1 Å². The Morgan fingerprint density at radius 2 is 2.00 bits per heavy atom. The molecule has 1 unspecified atom stereocenters.